The summed E-state index contributed by atoms with van der Waals surface area (Å²) >= 11 is 0. The van der Waals surface area contributed by atoms with E-state index >= 15 is 0 Å². The molecule has 0 bridgehead atoms. The molecular weight excluding hydrogens is 292 g/mol. The third kappa shape index (κ3) is 6.43. The van der Waals surface area contributed by atoms with E-state index in [0.29, 0.717) is 0 Å². The Morgan fingerprint density at radius 3 is 1.71 bits per heavy atom. The van der Waals surface area contributed by atoms with Gasteiger partial charge in [-0.15, -0.1) is 0 Å². The molecule has 0 atom stereocenters. The van der Waals surface area contributed by atoms with E-state index in [1.165, 1.54) is 68.9 Å². The number of nitrogens with zero attached hydrogens (tertiary/aromatic N) is 2. The predicted molar refractivity (Wildman–Crippen MR) is 103 cm³/mol. The molecule has 0 amide bonds. The highest BCUT2D eigenvalue weighted by Crippen LogP contribution is 2.17. The van der Waals surface area contributed by atoms with E-state index in [0.717, 1.165) is 17.8 Å². The lowest BCUT2D eigenvalue weighted by Crippen LogP contribution is -1.94. The second-order valence-electron chi connectivity index (χ2n) is 6.73. The predicted octanol–water partition coefficient (Wildman–Crippen LogP) is 6.39. The molecule has 0 saturated carbocycles. The molecule has 2 heteroatoms. The van der Waals surface area contributed by atoms with E-state index < -0.39 is 0 Å². The van der Waals surface area contributed by atoms with Gasteiger partial charge in [0.2, 0.25) is 0 Å². The maximum Gasteiger partial charge on any atom is 0.159 e. The SMILES string of the molecule is CCCCCCc1ccc(-c2ncc(CCCCCC)cn2)cc1. The van der Waals surface area contributed by atoms with Crippen LogP contribution in [0.4, 0.5) is 0 Å². The molecule has 1 aromatic carbocycles. The lowest BCUT2D eigenvalue weighted by atomic mass is 10.0. The highest BCUT2D eigenvalue weighted by atomic mass is 14.9. The molecule has 2 rings (SSSR count). The van der Waals surface area contributed by atoms with E-state index in [2.05, 4.69) is 48.1 Å². The summed E-state index contributed by atoms with van der Waals surface area (Å²) in [5.74, 6) is 0.838. The number of aromatic nitrogens is 2. The molecule has 1 aromatic heterocycles. The molecule has 0 spiro atoms. The van der Waals surface area contributed by atoms with Crippen molar-refractivity contribution in [3.8, 4) is 11.4 Å². The molecule has 0 aliphatic rings. The van der Waals surface area contributed by atoms with Gasteiger partial charge in [0.25, 0.3) is 0 Å². The Morgan fingerprint density at radius 1 is 0.625 bits per heavy atom. The summed E-state index contributed by atoms with van der Waals surface area (Å²) < 4.78 is 0. The highest BCUT2D eigenvalue weighted by molar-refractivity contribution is 5.55. The van der Waals surface area contributed by atoms with Gasteiger partial charge in [-0.3, -0.25) is 0 Å². The monoisotopic (exact) mass is 324 g/mol. The van der Waals surface area contributed by atoms with Crippen LogP contribution in [0.3, 0.4) is 0 Å². The van der Waals surface area contributed by atoms with Gasteiger partial charge in [0.15, 0.2) is 5.82 Å². The van der Waals surface area contributed by atoms with Crippen LogP contribution in [0, 0.1) is 0 Å². The molecule has 24 heavy (non-hydrogen) atoms. The standard InChI is InChI=1S/C22H32N2/c1-3-5-7-9-11-19-13-15-21(16-14-19)22-23-17-20(18-24-22)12-10-8-6-4-2/h13-18H,3-12H2,1-2H3. The summed E-state index contributed by atoms with van der Waals surface area (Å²) in [6.07, 6.45) is 16.7. The normalized spacial score (nSPS) is 10.9. The molecule has 0 aliphatic heterocycles. The molecule has 130 valence electrons. The van der Waals surface area contributed by atoms with Crippen LogP contribution in [0.15, 0.2) is 36.7 Å². The van der Waals surface area contributed by atoms with Crippen LogP contribution in [-0.4, -0.2) is 9.97 Å². The summed E-state index contributed by atoms with van der Waals surface area (Å²) in [5, 5.41) is 0. The Balaban J connectivity index is 1.84. The molecule has 0 saturated heterocycles. The van der Waals surface area contributed by atoms with Crippen LogP contribution < -0.4 is 0 Å². The van der Waals surface area contributed by atoms with Crippen molar-refractivity contribution >= 4 is 0 Å². The first-order valence-corrected chi connectivity index (χ1v) is 9.73. The highest BCUT2D eigenvalue weighted by Gasteiger charge is 2.02. The maximum atomic E-state index is 4.55. The number of hydrogen-bond acceptors (Lipinski definition) is 2. The lowest BCUT2D eigenvalue weighted by Gasteiger charge is -2.05. The fourth-order valence-corrected chi connectivity index (χ4v) is 2.97. The van der Waals surface area contributed by atoms with E-state index in [1.54, 1.807) is 0 Å². The summed E-state index contributed by atoms with van der Waals surface area (Å²) in [7, 11) is 0. The van der Waals surface area contributed by atoms with Gasteiger partial charge in [0.1, 0.15) is 0 Å². The summed E-state index contributed by atoms with van der Waals surface area (Å²) in [4.78, 5) is 9.11. The van der Waals surface area contributed by atoms with Crippen molar-refractivity contribution in [2.24, 2.45) is 0 Å². The first-order valence-electron chi connectivity index (χ1n) is 9.73. The minimum atomic E-state index is 0.838. The fraction of sp³-hybridized carbons (Fsp3) is 0.545. The Labute approximate surface area is 147 Å². The van der Waals surface area contributed by atoms with Gasteiger partial charge in [-0.05, 0) is 36.8 Å². The summed E-state index contributed by atoms with van der Waals surface area (Å²) in [5.41, 5.74) is 3.79. The smallest absolute Gasteiger partial charge is 0.159 e. The zero-order chi connectivity index (χ0) is 17.0. The van der Waals surface area contributed by atoms with Crippen molar-refractivity contribution in [3.63, 3.8) is 0 Å². The van der Waals surface area contributed by atoms with Crippen molar-refractivity contribution in [1.82, 2.24) is 9.97 Å². The summed E-state index contributed by atoms with van der Waals surface area (Å²) in [6, 6.07) is 8.77. The van der Waals surface area contributed by atoms with E-state index in [1.807, 2.05) is 12.4 Å². The van der Waals surface area contributed by atoms with Crippen LogP contribution in [0.2, 0.25) is 0 Å². The summed E-state index contributed by atoms with van der Waals surface area (Å²) in [6.45, 7) is 4.50. The Bertz CT molecular complexity index is 504. The molecule has 0 N–H and O–H groups in total. The van der Waals surface area contributed by atoms with Crippen LogP contribution in [0.5, 0.6) is 0 Å². The average molecular weight is 325 g/mol. The topological polar surface area (TPSA) is 25.8 Å². The van der Waals surface area contributed by atoms with E-state index in [-0.39, 0.29) is 0 Å². The molecular formula is C22H32N2. The van der Waals surface area contributed by atoms with Gasteiger partial charge >= 0.3 is 0 Å². The van der Waals surface area contributed by atoms with E-state index in [9.17, 15) is 0 Å². The zero-order valence-corrected chi connectivity index (χ0v) is 15.4. The molecule has 1 heterocycles. The molecule has 0 radical (unpaired) electrons. The Morgan fingerprint density at radius 2 is 1.17 bits per heavy atom. The first kappa shape index (κ1) is 18.6. The number of hydrogen-bond donors (Lipinski definition) is 0. The Hall–Kier alpha value is -1.70. The zero-order valence-electron chi connectivity index (χ0n) is 15.4. The van der Waals surface area contributed by atoms with Gasteiger partial charge in [-0.1, -0.05) is 76.6 Å². The number of rotatable bonds is 11. The van der Waals surface area contributed by atoms with Gasteiger partial charge < -0.3 is 0 Å². The lowest BCUT2D eigenvalue weighted by molar-refractivity contribution is 0.665. The second-order valence-corrected chi connectivity index (χ2v) is 6.73. The molecule has 0 unspecified atom stereocenters. The van der Waals surface area contributed by atoms with Gasteiger partial charge in [-0.2, -0.15) is 0 Å². The third-order valence-electron chi connectivity index (χ3n) is 4.56. The fourth-order valence-electron chi connectivity index (χ4n) is 2.97. The van der Waals surface area contributed by atoms with Crippen molar-refractivity contribution in [3.05, 3.63) is 47.8 Å². The molecule has 0 aliphatic carbocycles. The van der Waals surface area contributed by atoms with Crippen molar-refractivity contribution < 1.29 is 0 Å². The maximum absolute atomic E-state index is 4.55. The van der Waals surface area contributed by atoms with Gasteiger partial charge in [-0.25, -0.2) is 9.97 Å². The quantitative estimate of drug-likeness (QED) is 0.448. The third-order valence-corrected chi connectivity index (χ3v) is 4.56. The number of unbranched alkanes of at least 4 members (excludes halogenated alkanes) is 6. The minimum Gasteiger partial charge on any atom is -0.236 e. The van der Waals surface area contributed by atoms with Crippen LogP contribution in [0.1, 0.15) is 76.3 Å². The number of aryl methyl sites for hydroxylation is 2. The van der Waals surface area contributed by atoms with Crippen LogP contribution in [-0.2, 0) is 12.8 Å². The molecule has 2 aromatic rings. The second kappa shape index (κ2) is 11.0. The minimum absolute atomic E-state index is 0.838. The molecule has 0 fully saturated rings. The van der Waals surface area contributed by atoms with Crippen LogP contribution >= 0.6 is 0 Å². The number of benzene rings is 1. The van der Waals surface area contributed by atoms with E-state index in [4.69, 9.17) is 0 Å². The first-order chi connectivity index (χ1) is 11.8. The van der Waals surface area contributed by atoms with Gasteiger partial charge in [0, 0.05) is 18.0 Å². The average Bonchev–Trinajstić information content (AvgIpc) is 2.64. The molecule has 2 nitrogen and oxygen atoms in total. The van der Waals surface area contributed by atoms with Crippen molar-refractivity contribution in [2.45, 2.75) is 78.1 Å². The van der Waals surface area contributed by atoms with Crippen LogP contribution in [0.25, 0.3) is 11.4 Å². The largest absolute Gasteiger partial charge is 0.236 e. The van der Waals surface area contributed by atoms with Crippen molar-refractivity contribution in [1.29, 1.82) is 0 Å². The van der Waals surface area contributed by atoms with Crippen molar-refractivity contribution in [2.75, 3.05) is 0 Å². The Kier molecular flexibility index (Phi) is 8.51. The van der Waals surface area contributed by atoms with Gasteiger partial charge in [0.05, 0.1) is 0 Å².